The molecule has 2 N–H and O–H groups in total. The Morgan fingerprint density at radius 2 is 2.21 bits per heavy atom. The monoisotopic (exact) mass is 257 g/mol. The molecule has 1 saturated carbocycles. The van der Waals surface area contributed by atoms with Crippen LogP contribution in [0.3, 0.4) is 0 Å². The van der Waals surface area contributed by atoms with Crippen molar-refractivity contribution in [3.63, 3.8) is 0 Å². The minimum absolute atomic E-state index is 0.242. The van der Waals surface area contributed by atoms with Crippen LogP contribution in [0.2, 0.25) is 0 Å². The summed E-state index contributed by atoms with van der Waals surface area (Å²) in [5.41, 5.74) is 1.28. The number of rotatable bonds is 4. The molecule has 1 fully saturated rings. The van der Waals surface area contributed by atoms with E-state index >= 15 is 0 Å². The molecule has 98 valence electrons. The van der Waals surface area contributed by atoms with E-state index < -0.39 is 5.97 Å². The first-order valence-corrected chi connectivity index (χ1v) is 6.29. The van der Waals surface area contributed by atoms with Crippen LogP contribution in [0.4, 0.5) is 5.82 Å². The maximum atomic E-state index is 10.9. The number of carboxylic acids is 1. The fraction of sp³-hybridized carbons (Fsp3) is 0.357. The van der Waals surface area contributed by atoms with Gasteiger partial charge >= 0.3 is 5.97 Å². The quantitative estimate of drug-likeness (QED) is 0.880. The summed E-state index contributed by atoms with van der Waals surface area (Å²) in [5.74, 6) is -0.171. The van der Waals surface area contributed by atoms with E-state index in [-0.39, 0.29) is 5.56 Å². The van der Waals surface area contributed by atoms with Gasteiger partial charge in [-0.15, -0.1) is 0 Å². The van der Waals surface area contributed by atoms with E-state index in [4.69, 9.17) is 5.11 Å². The summed E-state index contributed by atoms with van der Waals surface area (Å²) in [6.45, 7) is 3.13. The van der Waals surface area contributed by atoms with Crippen molar-refractivity contribution in [1.82, 2.24) is 9.97 Å². The van der Waals surface area contributed by atoms with Crippen molar-refractivity contribution < 1.29 is 9.90 Å². The molecule has 5 heteroatoms. The fourth-order valence-electron chi connectivity index (χ4n) is 2.02. The number of carbonyl (C=O) groups is 1. The lowest BCUT2D eigenvalue weighted by molar-refractivity contribution is 0.0697. The molecule has 1 aromatic heterocycles. The molecule has 1 heterocycles. The zero-order valence-corrected chi connectivity index (χ0v) is 10.7. The van der Waals surface area contributed by atoms with Gasteiger partial charge in [-0.2, -0.15) is 0 Å². The second-order valence-corrected chi connectivity index (χ2v) is 5.42. The third kappa shape index (κ3) is 2.36. The average Bonchev–Trinajstić information content (AvgIpc) is 3.14. The first-order valence-electron chi connectivity index (χ1n) is 6.29. The molecule has 3 rings (SSSR count). The van der Waals surface area contributed by atoms with E-state index in [0.29, 0.717) is 10.9 Å². The van der Waals surface area contributed by atoms with Gasteiger partial charge in [0.05, 0.1) is 11.1 Å². The Labute approximate surface area is 110 Å². The standard InChI is InChI=1S/C14H15N3O2/c1-14(4-5-14)7-15-12-10-3-2-9(13(18)19)6-11(10)16-8-17-12/h2-3,6,8H,4-5,7H2,1H3,(H,18,19)(H,15,16,17). The molecule has 0 atom stereocenters. The topological polar surface area (TPSA) is 75.1 Å². The lowest BCUT2D eigenvalue weighted by Gasteiger charge is -2.12. The summed E-state index contributed by atoms with van der Waals surface area (Å²) in [4.78, 5) is 19.3. The van der Waals surface area contributed by atoms with Crippen molar-refractivity contribution in [2.75, 3.05) is 11.9 Å². The van der Waals surface area contributed by atoms with Crippen LogP contribution in [0.15, 0.2) is 24.5 Å². The van der Waals surface area contributed by atoms with Gasteiger partial charge in [0.2, 0.25) is 0 Å². The highest BCUT2D eigenvalue weighted by Crippen LogP contribution is 2.44. The predicted octanol–water partition coefficient (Wildman–Crippen LogP) is 2.54. The number of fused-ring (bicyclic) bond motifs is 1. The summed E-state index contributed by atoms with van der Waals surface area (Å²) in [5, 5.41) is 13.2. The van der Waals surface area contributed by atoms with Crippen LogP contribution < -0.4 is 5.32 Å². The van der Waals surface area contributed by atoms with Crippen molar-refractivity contribution in [3.05, 3.63) is 30.1 Å². The lowest BCUT2D eigenvalue weighted by Crippen LogP contribution is -2.13. The van der Waals surface area contributed by atoms with Gasteiger partial charge in [0, 0.05) is 11.9 Å². The highest BCUT2D eigenvalue weighted by atomic mass is 16.4. The molecule has 19 heavy (non-hydrogen) atoms. The molecule has 0 saturated heterocycles. The third-order valence-corrected chi connectivity index (χ3v) is 3.67. The molecule has 0 bridgehead atoms. The summed E-state index contributed by atoms with van der Waals surface area (Å²) in [6, 6.07) is 4.91. The summed E-state index contributed by atoms with van der Waals surface area (Å²) < 4.78 is 0. The van der Waals surface area contributed by atoms with E-state index in [0.717, 1.165) is 17.7 Å². The Bertz CT molecular complexity index is 650. The number of nitrogens with zero attached hydrogens (tertiary/aromatic N) is 2. The maximum Gasteiger partial charge on any atom is 0.335 e. The number of carboxylic acid groups (broad SMARTS) is 1. The van der Waals surface area contributed by atoms with Crippen LogP contribution in [0.5, 0.6) is 0 Å². The van der Waals surface area contributed by atoms with Gasteiger partial charge < -0.3 is 10.4 Å². The Kier molecular flexibility index (Phi) is 2.62. The van der Waals surface area contributed by atoms with Crippen molar-refractivity contribution in [3.8, 4) is 0 Å². The SMILES string of the molecule is CC1(CNc2ncnc3cc(C(=O)O)ccc23)CC1. The van der Waals surface area contributed by atoms with E-state index in [1.165, 1.54) is 19.2 Å². The highest BCUT2D eigenvalue weighted by molar-refractivity contribution is 5.96. The second-order valence-electron chi connectivity index (χ2n) is 5.42. The summed E-state index contributed by atoms with van der Waals surface area (Å²) >= 11 is 0. The van der Waals surface area contributed by atoms with Crippen LogP contribution in [0, 0.1) is 5.41 Å². The molecule has 0 unspecified atom stereocenters. The Morgan fingerprint density at radius 1 is 1.42 bits per heavy atom. The molecule has 0 radical (unpaired) electrons. The second kappa shape index (κ2) is 4.19. The number of hydrogen-bond acceptors (Lipinski definition) is 4. The molecular weight excluding hydrogens is 242 g/mol. The third-order valence-electron chi connectivity index (χ3n) is 3.67. The minimum atomic E-state index is -0.944. The number of aromatic nitrogens is 2. The van der Waals surface area contributed by atoms with Crippen molar-refractivity contribution >= 4 is 22.7 Å². The van der Waals surface area contributed by atoms with E-state index in [9.17, 15) is 4.79 Å². The number of benzene rings is 1. The highest BCUT2D eigenvalue weighted by Gasteiger charge is 2.36. The zero-order valence-electron chi connectivity index (χ0n) is 10.7. The van der Waals surface area contributed by atoms with Gasteiger partial charge in [0.25, 0.3) is 0 Å². The fourth-order valence-corrected chi connectivity index (χ4v) is 2.02. The number of hydrogen-bond donors (Lipinski definition) is 2. The summed E-state index contributed by atoms with van der Waals surface area (Å²) in [6.07, 6.45) is 3.95. The van der Waals surface area contributed by atoms with Gasteiger partial charge in [-0.3, -0.25) is 0 Å². The Morgan fingerprint density at radius 3 is 2.89 bits per heavy atom. The molecule has 0 amide bonds. The average molecular weight is 257 g/mol. The predicted molar refractivity (Wildman–Crippen MR) is 72.3 cm³/mol. The van der Waals surface area contributed by atoms with E-state index in [1.54, 1.807) is 18.2 Å². The Hall–Kier alpha value is -2.17. The molecule has 1 aromatic carbocycles. The summed E-state index contributed by atoms with van der Waals surface area (Å²) in [7, 11) is 0. The molecule has 0 aliphatic heterocycles. The normalized spacial score (nSPS) is 16.3. The first-order chi connectivity index (χ1) is 9.07. The van der Waals surface area contributed by atoms with Crippen molar-refractivity contribution in [2.45, 2.75) is 19.8 Å². The van der Waals surface area contributed by atoms with Crippen LogP contribution in [-0.4, -0.2) is 27.6 Å². The van der Waals surface area contributed by atoms with Gasteiger partial charge in [-0.1, -0.05) is 6.92 Å². The molecule has 1 aliphatic rings. The molecular formula is C14H15N3O2. The lowest BCUT2D eigenvalue weighted by atomic mass is 10.1. The Balaban J connectivity index is 1.93. The number of anilines is 1. The minimum Gasteiger partial charge on any atom is -0.478 e. The van der Waals surface area contributed by atoms with Crippen LogP contribution in [-0.2, 0) is 0 Å². The smallest absolute Gasteiger partial charge is 0.335 e. The van der Waals surface area contributed by atoms with Crippen LogP contribution in [0.1, 0.15) is 30.1 Å². The van der Waals surface area contributed by atoms with Crippen molar-refractivity contribution in [1.29, 1.82) is 0 Å². The molecule has 5 nitrogen and oxygen atoms in total. The first kappa shape index (κ1) is 11.9. The van der Waals surface area contributed by atoms with Gasteiger partial charge in [0.1, 0.15) is 12.1 Å². The zero-order chi connectivity index (χ0) is 13.5. The molecule has 2 aromatic rings. The molecule has 0 spiro atoms. The van der Waals surface area contributed by atoms with Gasteiger partial charge in [0.15, 0.2) is 0 Å². The number of nitrogens with one attached hydrogen (secondary N) is 1. The van der Waals surface area contributed by atoms with E-state index in [2.05, 4.69) is 22.2 Å². The van der Waals surface area contributed by atoms with E-state index in [1.807, 2.05) is 0 Å². The van der Waals surface area contributed by atoms with Gasteiger partial charge in [-0.05, 0) is 36.5 Å². The molecule has 1 aliphatic carbocycles. The maximum absolute atomic E-state index is 10.9. The number of aromatic carboxylic acids is 1. The van der Waals surface area contributed by atoms with Gasteiger partial charge in [-0.25, -0.2) is 14.8 Å². The van der Waals surface area contributed by atoms with Crippen LogP contribution >= 0.6 is 0 Å². The van der Waals surface area contributed by atoms with Crippen molar-refractivity contribution in [2.24, 2.45) is 5.41 Å². The van der Waals surface area contributed by atoms with Crippen LogP contribution in [0.25, 0.3) is 10.9 Å². The largest absolute Gasteiger partial charge is 0.478 e.